The molecule has 0 aromatic heterocycles. The van der Waals surface area contributed by atoms with Crippen molar-refractivity contribution < 1.29 is 15.3 Å². The van der Waals surface area contributed by atoms with E-state index in [2.05, 4.69) is 34.6 Å². The molecule has 0 radical (unpaired) electrons. The Morgan fingerprint density at radius 1 is 0.900 bits per heavy atom. The Bertz CT molecular complexity index is 619. The predicted octanol–water partition coefficient (Wildman–Crippen LogP) is 5.55. The highest BCUT2D eigenvalue weighted by Crippen LogP contribution is 2.69. The minimum atomic E-state index is -1.11. The Morgan fingerprint density at radius 3 is 2.33 bits per heavy atom. The lowest BCUT2D eigenvalue weighted by atomic mass is 9.42. The maximum Gasteiger partial charge on any atom is 0.0985 e. The van der Waals surface area contributed by atoms with Crippen molar-refractivity contribution in [3.8, 4) is 0 Å². The molecule has 4 saturated carbocycles. The van der Waals surface area contributed by atoms with Crippen LogP contribution in [0.25, 0.3) is 0 Å². The van der Waals surface area contributed by atoms with Crippen molar-refractivity contribution in [3.63, 3.8) is 0 Å². The van der Waals surface area contributed by atoms with Gasteiger partial charge in [0.05, 0.1) is 17.8 Å². The van der Waals surface area contributed by atoms with E-state index < -0.39 is 17.8 Å². The second-order valence-corrected chi connectivity index (χ2v) is 12.9. The zero-order valence-electron chi connectivity index (χ0n) is 20.2. The number of aliphatic hydroxyl groups excluding tert-OH is 2. The lowest BCUT2D eigenvalue weighted by Crippen LogP contribution is -2.68. The SMILES string of the molecule is CC(C)CCC[C@H](C)[C@@H]1CC[C@@H]2[C@@H]3C[C@H](O)[C@@]4(O)C[C@H](O)CC[C@]4(C)[C@H]3CC[C@@]21C. The van der Waals surface area contributed by atoms with E-state index >= 15 is 0 Å². The summed E-state index contributed by atoms with van der Waals surface area (Å²) in [6.07, 6.45) is 10.7. The minimum absolute atomic E-state index is 0.253. The average Bonchev–Trinajstić information content (AvgIpc) is 3.01. The van der Waals surface area contributed by atoms with Gasteiger partial charge in [0.1, 0.15) is 0 Å². The van der Waals surface area contributed by atoms with Crippen molar-refractivity contribution in [2.75, 3.05) is 0 Å². The van der Waals surface area contributed by atoms with E-state index in [-0.39, 0.29) is 5.41 Å². The van der Waals surface area contributed by atoms with Crippen LogP contribution >= 0.6 is 0 Å². The lowest BCUT2D eigenvalue weighted by Gasteiger charge is -2.65. The largest absolute Gasteiger partial charge is 0.393 e. The van der Waals surface area contributed by atoms with Gasteiger partial charge in [0.25, 0.3) is 0 Å². The second-order valence-electron chi connectivity index (χ2n) is 12.9. The van der Waals surface area contributed by atoms with Crippen LogP contribution < -0.4 is 0 Å². The van der Waals surface area contributed by atoms with E-state index in [9.17, 15) is 15.3 Å². The Balaban J connectivity index is 1.53. The number of rotatable bonds is 5. The number of hydrogen-bond donors (Lipinski definition) is 3. The van der Waals surface area contributed by atoms with Crippen LogP contribution in [0, 0.1) is 46.3 Å². The van der Waals surface area contributed by atoms with Gasteiger partial charge in [0.15, 0.2) is 0 Å². The highest BCUT2D eigenvalue weighted by molar-refractivity contribution is 5.17. The molecular formula is C27H48O3. The van der Waals surface area contributed by atoms with E-state index in [1.165, 1.54) is 44.9 Å². The Hall–Kier alpha value is -0.120. The molecule has 4 fully saturated rings. The maximum absolute atomic E-state index is 11.6. The first-order valence-corrected chi connectivity index (χ1v) is 13.1. The van der Waals surface area contributed by atoms with Gasteiger partial charge in [-0.3, -0.25) is 0 Å². The van der Waals surface area contributed by atoms with Crippen LogP contribution in [0.1, 0.15) is 105 Å². The molecule has 3 heteroatoms. The molecular weight excluding hydrogens is 372 g/mol. The molecule has 10 atom stereocenters. The van der Waals surface area contributed by atoms with E-state index in [0.717, 1.165) is 37.0 Å². The van der Waals surface area contributed by atoms with Gasteiger partial charge in [-0.25, -0.2) is 0 Å². The third-order valence-corrected chi connectivity index (χ3v) is 11.0. The van der Waals surface area contributed by atoms with E-state index in [1.807, 2.05) is 0 Å². The fraction of sp³-hybridized carbons (Fsp3) is 1.00. The van der Waals surface area contributed by atoms with Crippen LogP contribution in [-0.4, -0.2) is 33.1 Å². The average molecular weight is 421 g/mol. The highest BCUT2D eigenvalue weighted by Gasteiger charge is 2.67. The molecule has 0 aromatic carbocycles. The summed E-state index contributed by atoms with van der Waals surface area (Å²) in [6, 6.07) is 0. The molecule has 0 aliphatic heterocycles. The van der Waals surface area contributed by atoms with Gasteiger partial charge in [0, 0.05) is 11.8 Å². The first-order valence-electron chi connectivity index (χ1n) is 13.1. The first-order chi connectivity index (χ1) is 14.0. The Kier molecular flexibility index (Phi) is 6.17. The van der Waals surface area contributed by atoms with Crippen LogP contribution in [0.3, 0.4) is 0 Å². The summed E-state index contributed by atoms with van der Waals surface area (Å²) in [5.74, 6) is 4.13. The quantitative estimate of drug-likeness (QED) is 0.546. The monoisotopic (exact) mass is 420 g/mol. The molecule has 0 amide bonds. The minimum Gasteiger partial charge on any atom is -0.393 e. The van der Waals surface area contributed by atoms with Gasteiger partial charge in [-0.2, -0.15) is 0 Å². The molecule has 0 aromatic rings. The normalized spacial score (nSPS) is 51.9. The van der Waals surface area contributed by atoms with Gasteiger partial charge in [-0.05, 0) is 85.9 Å². The molecule has 3 nitrogen and oxygen atoms in total. The third-order valence-electron chi connectivity index (χ3n) is 11.0. The summed E-state index contributed by atoms with van der Waals surface area (Å²) in [6.45, 7) is 12.0. The Labute approximate surface area is 185 Å². The summed E-state index contributed by atoms with van der Waals surface area (Å²) in [5, 5.41) is 33.0. The summed E-state index contributed by atoms with van der Waals surface area (Å²) < 4.78 is 0. The summed E-state index contributed by atoms with van der Waals surface area (Å²) in [4.78, 5) is 0. The van der Waals surface area contributed by atoms with Crippen LogP contribution in [-0.2, 0) is 0 Å². The van der Waals surface area contributed by atoms with Crippen molar-refractivity contribution in [1.29, 1.82) is 0 Å². The summed E-state index contributed by atoms with van der Waals surface area (Å²) in [5.41, 5.74) is -0.962. The second kappa shape index (κ2) is 8.03. The molecule has 0 unspecified atom stereocenters. The zero-order valence-corrected chi connectivity index (χ0v) is 20.2. The van der Waals surface area contributed by atoms with Crippen molar-refractivity contribution in [1.82, 2.24) is 0 Å². The van der Waals surface area contributed by atoms with Gasteiger partial charge >= 0.3 is 0 Å². The van der Waals surface area contributed by atoms with Crippen LogP contribution in [0.5, 0.6) is 0 Å². The molecule has 0 bridgehead atoms. The van der Waals surface area contributed by atoms with E-state index in [0.29, 0.717) is 29.6 Å². The fourth-order valence-electron chi connectivity index (χ4n) is 9.29. The highest BCUT2D eigenvalue weighted by atomic mass is 16.3. The van der Waals surface area contributed by atoms with Gasteiger partial charge < -0.3 is 15.3 Å². The fourth-order valence-corrected chi connectivity index (χ4v) is 9.29. The molecule has 30 heavy (non-hydrogen) atoms. The molecule has 0 saturated heterocycles. The zero-order chi connectivity index (χ0) is 21.9. The number of fused-ring (bicyclic) bond motifs is 5. The summed E-state index contributed by atoms with van der Waals surface area (Å²) in [7, 11) is 0. The smallest absolute Gasteiger partial charge is 0.0985 e. The predicted molar refractivity (Wildman–Crippen MR) is 122 cm³/mol. The topological polar surface area (TPSA) is 60.7 Å². The molecule has 174 valence electrons. The van der Waals surface area contributed by atoms with Gasteiger partial charge in [-0.15, -0.1) is 0 Å². The van der Waals surface area contributed by atoms with Crippen molar-refractivity contribution in [2.24, 2.45) is 46.3 Å². The van der Waals surface area contributed by atoms with E-state index in [4.69, 9.17) is 0 Å². The number of aliphatic hydroxyl groups is 3. The first kappa shape index (κ1) is 23.1. The van der Waals surface area contributed by atoms with Gasteiger partial charge in [-0.1, -0.05) is 53.9 Å². The molecule has 0 heterocycles. The maximum atomic E-state index is 11.6. The number of hydrogen-bond acceptors (Lipinski definition) is 3. The standard InChI is InChI=1S/C27H48O3/c1-17(2)7-6-8-18(3)21-9-10-22-20-15-24(29)27(30)16-19(28)11-14-26(27,5)23(20)12-13-25(21,22)4/h17-24,28-30H,6-16H2,1-5H3/t18-,19+,20-,21-,22+,23-,24-,25+,26+,27-/m0/s1. The molecule has 0 spiro atoms. The van der Waals surface area contributed by atoms with Crippen LogP contribution in [0.4, 0.5) is 0 Å². The van der Waals surface area contributed by atoms with Gasteiger partial charge in [0.2, 0.25) is 0 Å². The summed E-state index contributed by atoms with van der Waals surface area (Å²) >= 11 is 0. The molecule has 3 N–H and O–H groups in total. The third kappa shape index (κ3) is 3.41. The van der Waals surface area contributed by atoms with Crippen molar-refractivity contribution >= 4 is 0 Å². The van der Waals surface area contributed by atoms with Crippen molar-refractivity contribution in [3.05, 3.63) is 0 Å². The molecule has 4 rings (SSSR count). The van der Waals surface area contributed by atoms with Crippen LogP contribution in [0.2, 0.25) is 0 Å². The molecule has 4 aliphatic carbocycles. The lowest BCUT2D eigenvalue weighted by molar-refractivity contribution is -0.264. The Morgan fingerprint density at radius 2 is 1.63 bits per heavy atom. The van der Waals surface area contributed by atoms with E-state index in [1.54, 1.807) is 0 Å². The van der Waals surface area contributed by atoms with Crippen LogP contribution in [0.15, 0.2) is 0 Å². The molecule has 4 aliphatic rings. The van der Waals surface area contributed by atoms with Crippen molar-refractivity contribution in [2.45, 2.75) is 123 Å².